The number of fused-ring (bicyclic) bond motifs is 1. The van der Waals surface area contributed by atoms with Crippen LogP contribution in [0.5, 0.6) is 0 Å². The lowest BCUT2D eigenvalue weighted by molar-refractivity contribution is -0.114. The number of amides is 1. The van der Waals surface area contributed by atoms with E-state index in [-0.39, 0.29) is 5.91 Å². The largest absolute Gasteiger partial charge is 0.354 e. The molecule has 3 N–H and O–H groups in total. The van der Waals surface area contributed by atoms with Gasteiger partial charge >= 0.3 is 0 Å². The lowest BCUT2D eigenvalue weighted by Gasteiger charge is -2.04. The summed E-state index contributed by atoms with van der Waals surface area (Å²) < 4.78 is 0. The first-order valence-corrected chi connectivity index (χ1v) is 8.08. The Morgan fingerprint density at radius 1 is 1.00 bits per heavy atom. The summed E-state index contributed by atoms with van der Waals surface area (Å²) in [6.07, 6.45) is 5.21. The Morgan fingerprint density at radius 3 is 2.50 bits per heavy atom. The summed E-state index contributed by atoms with van der Waals surface area (Å²) in [5.41, 5.74) is 4.93. The topological polar surface area (TPSA) is 95.6 Å². The number of carbonyl (C=O) groups is 1. The summed E-state index contributed by atoms with van der Waals surface area (Å²) in [5, 5.41) is 6.02. The van der Waals surface area contributed by atoms with Crippen molar-refractivity contribution in [2.75, 3.05) is 10.6 Å². The van der Waals surface area contributed by atoms with Crippen LogP contribution in [0.25, 0.3) is 22.6 Å². The second kappa shape index (κ2) is 6.64. The summed E-state index contributed by atoms with van der Waals surface area (Å²) in [6, 6.07) is 13.2. The van der Waals surface area contributed by atoms with Crippen molar-refractivity contribution in [2.24, 2.45) is 0 Å². The van der Waals surface area contributed by atoms with E-state index in [4.69, 9.17) is 0 Å². The van der Waals surface area contributed by atoms with Gasteiger partial charge in [0, 0.05) is 36.3 Å². The fourth-order valence-corrected chi connectivity index (χ4v) is 2.62. The first kappa shape index (κ1) is 15.8. The van der Waals surface area contributed by atoms with Crippen LogP contribution in [0.3, 0.4) is 0 Å². The van der Waals surface area contributed by atoms with Crippen molar-refractivity contribution in [3.8, 4) is 11.4 Å². The van der Waals surface area contributed by atoms with Gasteiger partial charge in [0.2, 0.25) is 5.91 Å². The van der Waals surface area contributed by atoms with Crippen LogP contribution in [0.1, 0.15) is 6.92 Å². The predicted molar refractivity (Wildman–Crippen MR) is 101 cm³/mol. The molecule has 0 atom stereocenters. The molecule has 26 heavy (non-hydrogen) atoms. The van der Waals surface area contributed by atoms with Crippen LogP contribution in [0, 0.1) is 0 Å². The molecule has 0 aliphatic rings. The van der Waals surface area contributed by atoms with Gasteiger partial charge < -0.3 is 15.6 Å². The second-order valence-corrected chi connectivity index (χ2v) is 5.80. The molecule has 0 unspecified atom stereocenters. The second-order valence-electron chi connectivity index (χ2n) is 5.80. The molecule has 0 aliphatic carbocycles. The number of carbonyl (C=O) groups excluding carboxylic acids is 1. The number of pyridine rings is 2. The van der Waals surface area contributed by atoms with Crippen molar-refractivity contribution in [1.29, 1.82) is 0 Å². The van der Waals surface area contributed by atoms with Crippen molar-refractivity contribution in [1.82, 2.24) is 19.9 Å². The van der Waals surface area contributed by atoms with Gasteiger partial charge in [-0.05, 0) is 42.5 Å². The van der Waals surface area contributed by atoms with Gasteiger partial charge in [0.05, 0.1) is 11.9 Å². The lowest BCUT2D eigenvalue weighted by atomic mass is 10.2. The molecular weight excluding hydrogens is 328 g/mol. The first-order chi connectivity index (χ1) is 12.7. The highest BCUT2D eigenvalue weighted by Crippen LogP contribution is 2.24. The number of anilines is 3. The maximum absolute atomic E-state index is 11.1. The van der Waals surface area contributed by atoms with Crippen LogP contribution in [0.15, 0.2) is 61.1 Å². The average Bonchev–Trinajstić information content (AvgIpc) is 3.06. The number of aromatic nitrogens is 4. The molecule has 0 fully saturated rings. The van der Waals surface area contributed by atoms with E-state index in [2.05, 4.69) is 30.6 Å². The summed E-state index contributed by atoms with van der Waals surface area (Å²) in [5.74, 6) is 0.628. The van der Waals surface area contributed by atoms with Crippen molar-refractivity contribution in [3.63, 3.8) is 0 Å². The summed E-state index contributed by atoms with van der Waals surface area (Å²) in [6.45, 7) is 1.48. The molecule has 1 aromatic carbocycles. The zero-order chi connectivity index (χ0) is 17.9. The molecule has 7 heteroatoms. The third-order valence-electron chi connectivity index (χ3n) is 3.78. The van der Waals surface area contributed by atoms with Crippen LogP contribution >= 0.6 is 0 Å². The molecule has 0 bridgehead atoms. The summed E-state index contributed by atoms with van der Waals surface area (Å²) in [7, 11) is 0. The molecule has 0 radical (unpaired) electrons. The Labute approximate surface area is 149 Å². The van der Waals surface area contributed by atoms with Crippen molar-refractivity contribution in [2.45, 2.75) is 6.92 Å². The molecule has 0 spiro atoms. The van der Waals surface area contributed by atoms with E-state index >= 15 is 0 Å². The Balaban J connectivity index is 1.60. The Hall–Kier alpha value is -3.74. The number of hydrogen-bond acceptors (Lipinski definition) is 5. The predicted octanol–water partition coefficient (Wildman–Crippen LogP) is 3.72. The number of aromatic amines is 1. The fraction of sp³-hybridized carbons (Fsp3) is 0.0526. The number of rotatable bonds is 4. The number of benzene rings is 1. The third-order valence-corrected chi connectivity index (χ3v) is 3.78. The minimum absolute atomic E-state index is 0.0973. The maximum Gasteiger partial charge on any atom is 0.221 e. The Bertz CT molecular complexity index is 1060. The molecule has 1 amide bonds. The number of nitrogens with one attached hydrogen (secondary N) is 3. The molecule has 4 aromatic rings. The zero-order valence-electron chi connectivity index (χ0n) is 14.0. The zero-order valence-corrected chi connectivity index (χ0v) is 14.0. The van der Waals surface area contributed by atoms with Gasteiger partial charge in [-0.1, -0.05) is 0 Å². The van der Waals surface area contributed by atoms with Gasteiger partial charge in [0.15, 0.2) is 5.65 Å². The molecule has 3 aromatic heterocycles. The molecule has 128 valence electrons. The number of H-pyrrole nitrogens is 1. The fourth-order valence-electron chi connectivity index (χ4n) is 2.62. The van der Waals surface area contributed by atoms with Gasteiger partial charge in [-0.2, -0.15) is 0 Å². The highest BCUT2D eigenvalue weighted by Gasteiger charge is 2.08. The van der Waals surface area contributed by atoms with Crippen LogP contribution < -0.4 is 10.6 Å². The number of imidazole rings is 1. The average molecular weight is 344 g/mol. The van der Waals surface area contributed by atoms with Gasteiger partial charge in [0.25, 0.3) is 0 Å². The third kappa shape index (κ3) is 3.36. The van der Waals surface area contributed by atoms with Crippen LogP contribution in [0.2, 0.25) is 0 Å². The standard InChI is InChI=1S/C19H16N6O/c1-12(26)22-14-4-2-13(3-5-14)18-24-17-10-16(11-21-19(17)25-18)23-15-6-8-20-9-7-15/h2-11H,1H3,(H,20,23)(H,22,26)(H,21,24,25). The number of nitrogens with zero attached hydrogens (tertiary/aromatic N) is 3. The normalized spacial score (nSPS) is 10.7. The van der Waals surface area contributed by atoms with Crippen LogP contribution in [-0.2, 0) is 4.79 Å². The van der Waals surface area contributed by atoms with Gasteiger partial charge in [-0.15, -0.1) is 0 Å². The Morgan fingerprint density at radius 2 is 1.77 bits per heavy atom. The van der Waals surface area contributed by atoms with E-state index in [0.29, 0.717) is 5.65 Å². The van der Waals surface area contributed by atoms with Crippen molar-refractivity contribution >= 4 is 34.1 Å². The van der Waals surface area contributed by atoms with Gasteiger partial charge in [-0.25, -0.2) is 9.97 Å². The minimum atomic E-state index is -0.0973. The smallest absolute Gasteiger partial charge is 0.221 e. The van der Waals surface area contributed by atoms with Crippen LogP contribution in [-0.4, -0.2) is 25.8 Å². The van der Waals surface area contributed by atoms with E-state index in [1.54, 1.807) is 18.6 Å². The monoisotopic (exact) mass is 344 g/mol. The van der Waals surface area contributed by atoms with E-state index in [1.165, 1.54) is 6.92 Å². The van der Waals surface area contributed by atoms with Crippen molar-refractivity contribution in [3.05, 3.63) is 61.1 Å². The SMILES string of the molecule is CC(=O)Nc1ccc(-c2nc3cc(Nc4ccncc4)cnc3[nH]2)cc1. The lowest BCUT2D eigenvalue weighted by Crippen LogP contribution is -2.05. The molecule has 0 saturated carbocycles. The molecule has 0 saturated heterocycles. The van der Waals surface area contributed by atoms with Crippen molar-refractivity contribution < 1.29 is 4.79 Å². The first-order valence-electron chi connectivity index (χ1n) is 8.08. The minimum Gasteiger partial charge on any atom is -0.354 e. The Kier molecular flexibility index (Phi) is 4.03. The molecule has 3 heterocycles. The highest BCUT2D eigenvalue weighted by atomic mass is 16.1. The van der Waals surface area contributed by atoms with E-state index in [9.17, 15) is 4.79 Å². The quantitative estimate of drug-likeness (QED) is 0.524. The molecule has 0 aliphatic heterocycles. The summed E-state index contributed by atoms with van der Waals surface area (Å²) >= 11 is 0. The summed E-state index contributed by atoms with van der Waals surface area (Å²) in [4.78, 5) is 27.4. The highest BCUT2D eigenvalue weighted by molar-refractivity contribution is 5.89. The van der Waals surface area contributed by atoms with Gasteiger partial charge in [-0.3, -0.25) is 9.78 Å². The van der Waals surface area contributed by atoms with E-state index in [0.717, 1.165) is 34.0 Å². The molecule has 7 nitrogen and oxygen atoms in total. The van der Waals surface area contributed by atoms with Crippen LogP contribution in [0.4, 0.5) is 17.1 Å². The van der Waals surface area contributed by atoms with E-state index in [1.807, 2.05) is 42.5 Å². The van der Waals surface area contributed by atoms with Gasteiger partial charge in [0.1, 0.15) is 11.3 Å². The molecule has 4 rings (SSSR count). The number of hydrogen-bond donors (Lipinski definition) is 3. The van der Waals surface area contributed by atoms with E-state index < -0.39 is 0 Å². The molecular formula is C19H16N6O. The maximum atomic E-state index is 11.1.